The lowest BCUT2D eigenvalue weighted by atomic mass is 10.2. The molecule has 3 aromatic rings. The fraction of sp³-hybridized carbons (Fsp3) is 0.143. The van der Waals surface area contributed by atoms with Crippen LogP contribution in [-0.2, 0) is 17.9 Å². The standard InChI is InChI=1S/C21H20N4O4/c1-29-18-10-6-5-7-15(18)13-22-19(26)14-25-20(27)12-11-17(24-25)21(28)23-16-8-3-2-4-9-16/h2-12H,13-14H2,1H3,(H,22,26)(H,23,28). The highest BCUT2D eigenvalue weighted by Gasteiger charge is 2.12. The number of nitrogens with zero attached hydrogens (tertiary/aromatic N) is 2. The van der Waals surface area contributed by atoms with Crippen molar-refractivity contribution in [2.45, 2.75) is 13.1 Å². The normalized spacial score (nSPS) is 10.2. The number of benzene rings is 2. The van der Waals surface area contributed by atoms with Crippen LogP contribution in [0.5, 0.6) is 5.75 Å². The molecule has 0 saturated heterocycles. The molecular formula is C21H20N4O4. The predicted molar refractivity (Wildman–Crippen MR) is 108 cm³/mol. The van der Waals surface area contributed by atoms with Crippen LogP contribution in [0.4, 0.5) is 5.69 Å². The third kappa shape index (κ3) is 5.29. The number of ether oxygens (including phenoxy) is 1. The van der Waals surface area contributed by atoms with Gasteiger partial charge in [0.2, 0.25) is 5.91 Å². The Morgan fingerprint density at radius 2 is 1.72 bits per heavy atom. The number of aromatic nitrogens is 2. The number of amides is 2. The van der Waals surface area contributed by atoms with Crippen LogP contribution in [0.1, 0.15) is 16.1 Å². The highest BCUT2D eigenvalue weighted by molar-refractivity contribution is 6.02. The van der Waals surface area contributed by atoms with E-state index in [2.05, 4.69) is 15.7 Å². The van der Waals surface area contributed by atoms with Crippen molar-refractivity contribution in [2.24, 2.45) is 0 Å². The lowest BCUT2D eigenvalue weighted by Gasteiger charge is -2.10. The smallest absolute Gasteiger partial charge is 0.276 e. The van der Waals surface area contributed by atoms with Gasteiger partial charge in [-0.15, -0.1) is 0 Å². The summed E-state index contributed by atoms with van der Waals surface area (Å²) >= 11 is 0. The molecule has 2 N–H and O–H groups in total. The van der Waals surface area contributed by atoms with Gasteiger partial charge in [-0.1, -0.05) is 36.4 Å². The molecule has 3 rings (SSSR count). The van der Waals surface area contributed by atoms with E-state index in [0.717, 1.165) is 10.2 Å². The molecule has 29 heavy (non-hydrogen) atoms. The Labute approximate surface area is 167 Å². The van der Waals surface area contributed by atoms with Crippen molar-refractivity contribution in [2.75, 3.05) is 12.4 Å². The van der Waals surface area contributed by atoms with Crippen LogP contribution in [0.25, 0.3) is 0 Å². The van der Waals surface area contributed by atoms with Crippen LogP contribution in [0, 0.1) is 0 Å². The van der Waals surface area contributed by atoms with Gasteiger partial charge in [-0.3, -0.25) is 14.4 Å². The quantitative estimate of drug-likeness (QED) is 0.639. The zero-order valence-corrected chi connectivity index (χ0v) is 15.8. The monoisotopic (exact) mass is 392 g/mol. The molecular weight excluding hydrogens is 372 g/mol. The fourth-order valence-corrected chi connectivity index (χ4v) is 2.63. The third-order valence-corrected chi connectivity index (χ3v) is 4.09. The molecule has 0 bridgehead atoms. The van der Waals surface area contributed by atoms with Gasteiger partial charge < -0.3 is 15.4 Å². The van der Waals surface area contributed by atoms with Gasteiger partial charge in [0, 0.05) is 23.9 Å². The Bertz CT molecular complexity index is 1060. The minimum absolute atomic E-state index is 0.0333. The van der Waals surface area contributed by atoms with Crippen LogP contribution in [0.15, 0.2) is 71.5 Å². The SMILES string of the molecule is COc1ccccc1CNC(=O)Cn1nc(C(=O)Nc2ccccc2)ccc1=O. The van der Waals surface area contributed by atoms with Gasteiger partial charge in [0.1, 0.15) is 18.0 Å². The second kappa shape index (κ2) is 9.32. The first kappa shape index (κ1) is 19.8. The van der Waals surface area contributed by atoms with Crippen molar-refractivity contribution in [3.8, 4) is 5.75 Å². The summed E-state index contributed by atoms with van der Waals surface area (Å²) in [7, 11) is 1.55. The average Bonchev–Trinajstić information content (AvgIpc) is 2.74. The summed E-state index contributed by atoms with van der Waals surface area (Å²) in [5.41, 5.74) is 0.964. The zero-order valence-electron chi connectivity index (χ0n) is 15.8. The average molecular weight is 392 g/mol. The van der Waals surface area contributed by atoms with Crippen LogP contribution in [-0.4, -0.2) is 28.7 Å². The number of methoxy groups -OCH3 is 1. The van der Waals surface area contributed by atoms with E-state index >= 15 is 0 Å². The lowest BCUT2D eigenvalue weighted by molar-refractivity contribution is -0.122. The van der Waals surface area contributed by atoms with Gasteiger partial charge in [-0.05, 0) is 24.3 Å². The molecule has 1 heterocycles. The largest absolute Gasteiger partial charge is 0.496 e. The molecule has 1 aromatic heterocycles. The van der Waals surface area contributed by atoms with Crippen molar-refractivity contribution in [3.63, 3.8) is 0 Å². The number of hydrogen-bond acceptors (Lipinski definition) is 5. The maximum atomic E-state index is 12.3. The Kier molecular flexibility index (Phi) is 6.36. The van der Waals surface area contributed by atoms with Crippen molar-refractivity contribution in [1.29, 1.82) is 0 Å². The molecule has 0 radical (unpaired) electrons. The second-order valence-electron chi connectivity index (χ2n) is 6.12. The Morgan fingerprint density at radius 1 is 1.00 bits per heavy atom. The summed E-state index contributed by atoms with van der Waals surface area (Å²) in [6.07, 6.45) is 0. The number of nitrogens with one attached hydrogen (secondary N) is 2. The number of carbonyl (C=O) groups is 2. The van der Waals surface area contributed by atoms with Crippen LogP contribution in [0.3, 0.4) is 0 Å². The minimum atomic E-state index is -0.478. The zero-order chi connectivity index (χ0) is 20.6. The van der Waals surface area contributed by atoms with E-state index < -0.39 is 17.4 Å². The number of anilines is 1. The summed E-state index contributed by atoms with van der Waals surface area (Å²) in [4.78, 5) is 36.6. The maximum Gasteiger partial charge on any atom is 0.276 e. The van der Waals surface area contributed by atoms with E-state index in [1.807, 2.05) is 24.3 Å². The first-order valence-corrected chi connectivity index (χ1v) is 8.90. The summed E-state index contributed by atoms with van der Waals surface area (Å²) < 4.78 is 6.20. The Hall–Kier alpha value is -3.94. The van der Waals surface area contributed by atoms with Crippen molar-refractivity contribution in [3.05, 3.63) is 88.3 Å². The van der Waals surface area contributed by atoms with E-state index in [-0.39, 0.29) is 18.8 Å². The fourth-order valence-electron chi connectivity index (χ4n) is 2.63. The molecule has 0 aliphatic heterocycles. The van der Waals surface area contributed by atoms with Crippen molar-refractivity contribution in [1.82, 2.24) is 15.1 Å². The molecule has 0 atom stereocenters. The third-order valence-electron chi connectivity index (χ3n) is 4.09. The van der Waals surface area contributed by atoms with Crippen LogP contribution >= 0.6 is 0 Å². The summed E-state index contributed by atoms with van der Waals surface area (Å²) in [6, 6.07) is 18.7. The molecule has 8 heteroatoms. The molecule has 0 unspecified atom stereocenters. The molecule has 0 saturated carbocycles. The first-order chi connectivity index (χ1) is 14.1. The van der Waals surface area contributed by atoms with Gasteiger partial charge in [-0.25, -0.2) is 4.68 Å². The lowest BCUT2D eigenvalue weighted by Crippen LogP contribution is -2.34. The molecule has 148 valence electrons. The highest BCUT2D eigenvalue weighted by atomic mass is 16.5. The first-order valence-electron chi connectivity index (χ1n) is 8.90. The topological polar surface area (TPSA) is 102 Å². The molecule has 8 nitrogen and oxygen atoms in total. The van der Waals surface area contributed by atoms with Gasteiger partial charge >= 0.3 is 0 Å². The minimum Gasteiger partial charge on any atom is -0.496 e. The number of hydrogen-bond donors (Lipinski definition) is 2. The maximum absolute atomic E-state index is 12.3. The van der Waals surface area contributed by atoms with E-state index in [0.29, 0.717) is 11.4 Å². The Balaban J connectivity index is 1.65. The van der Waals surface area contributed by atoms with Crippen LogP contribution < -0.4 is 20.9 Å². The second-order valence-corrected chi connectivity index (χ2v) is 6.12. The Morgan fingerprint density at radius 3 is 2.48 bits per heavy atom. The van der Waals surface area contributed by atoms with E-state index in [9.17, 15) is 14.4 Å². The molecule has 0 fully saturated rings. The summed E-state index contributed by atoms with van der Waals surface area (Å²) in [6.45, 7) is -0.0633. The molecule has 0 aliphatic rings. The predicted octanol–water partition coefficient (Wildman–Crippen LogP) is 1.82. The van der Waals surface area contributed by atoms with E-state index in [1.165, 1.54) is 12.1 Å². The van der Waals surface area contributed by atoms with Crippen molar-refractivity contribution >= 4 is 17.5 Å². The van der Waals surface area contributed by atoms with Gasteiger partial charge in [0.15, 0.2) is 0 Å². The number of para-hydroxylation sites is 2. The van der Waals surface area contributed by atoms with E-state index in [1.54, 1.807) is 37.4 Å². The molecule has 2 amide bonds. The van der Waals surface area contributed by atoms with Crippen molar-refractivity contribution < 1.29 is 14.3 Å². The molecule has 2 aromatic carbocycles. The number of carbonyl (C=O) groups excluding carboxylic acids is 2. The summed E-state index contributed by atoms with van der Waals surface area (Å²) in [5.74, 6) is -0.229. The number of rotatable bonds is 7. The van der Waals surface area contributed by atoms with E-state index in [4.69, 9.17) is 4.74 Å². The molecule has 0 spiro atoms. The molecule has 0 aliphatic carbocycles. The van der Waals surface area contributed by atoms with Gasteiger partial charge in [0.25, 0.3) is 11.5 Å². The van der Waals surface area contributed by atoms with Crippen LogP contribution in [0.2, 0.25) is 0 Å². The highest BCUT2D eigenvalue weighted by Crippen LogP contribution is 2.16. The summed E-state index contributed by atoms with van der Waals surface area (Å²) in [5, 5.41) is 9.41. The van der Waals surface area contributed by atoms with Gasteiger partial charge in [-0.2, -0.15) is 5.10 Å². The van der Waals surface area contributed by atoms with Gasteiger partial charge in [0.05, 0.1) is 7.11 Å².